The van der Waals surface area contributed by atoms with Crippen LogP contribution in [0.2, 0.25) is 0 Å². The molecule has 1 N–H and O–H groups in total. The predicted octanol–water partition coefficient (Wildman–Crippen LogP) is 1.11. The number of carbonyl (C=O) groups is 1. The van der Waals surface area contributed by atoms with E-state index >= 15 is 0 Å². The Balaban J connectivity index is 1.38. The standard InChI is InChI=1S/C18H19N5O2/c24-17(21-13-5-6-16-19-8-10-22(16)11-13)7-9-23-12-20-15-4-2-1-3-14(15)18(23)25/h1-4,8,10,12-13H,5-7,9,11H2,(H,21,24). The van der Waals surface area contributed by atoms with E-state index in [9.17, 15) is 9.59 Å². The van der Waals surface area contributed by atoms with Crippen molar-refractivity contribution < 1.29 is 4.79 Å². The molecule has 0 spiro atoms. The zero-order chi connectivity index (χ0) is 17.2. The molecule has 1 atom stereocenters. The molecule has 1 aliphatic rings. The monoisotopic (exact) mass is 337 g/mol. The van der Waals surface area contributed by atoms with Crippen LogP contribution in [0, 0.1) is 0 Å². The van der Waals surface area contributed by atoms with Gasteiger partial charge in [0.1, 0.15) is 5.82 Å². The van der Waals surface area contributed by atoms with Gasteiger partial charge in [0, 0.05) is 44.4 Å². The fraction of sp³-hybridized carbons (Fsp3) is 0.333. The Kier molecular flexibility index (Phi) is 4.05. The lowest BCUT2D eigenvalue weighted by Crippen LogP contribution is -2.41. The fourth-order valence-corrected chi connectivity index (χ4v) is 3.27. The van der Waals surface area contributed by atoms with Crippen LogP contribution in [0.4, 0.5) is 0 Å². The molecule has 0 fully saturated rings. The number of para-hydroxylation sites is 1. The molecule has 1 aliphatic heterocycles. The molecule has 0 radical (unpaired) electrons. The topological polar surface area (TPSA) is 81.8 Å². The largest absolute Gasteiger partial charge is 0.352 e. The molecule has 3 heterocycles. The van der Waals surface area contributed by atoms with E-state index in [0.29, 0.717) is 17.4 Å². The minimum absolute atomic E-state index is 0.0476. The number of nitrogens with one attached hydrogen (secondary N) is 1. The number of carbonyl (C=O) groups excluding carboxylic acids is 1. The van der Waals surface area contributed by atoms with Gasteiger partial charge in [0.05, 0.1) is 17.2 Å². The Labute approximate surface area is 144 Å². The third-order valence-corrected chi connectivity index (χ3v) is 4.61. The lowest BCUT2D eigenvalue weighted by molar-refractivity contribution is -0.122. The van der Waals surface area contributed by atoms with Crippen LogP contribution in [0.25, 0.3) is 10.9 Å². The second-order valence-corrected chi connectivity index (χ2v) is 6.31. The highest BCUT2D eigenvalue weighted by molar-refractivity contribution is 5.77. The van der Waals surface area contributed by atoms with Crippen LogP contribution >= 0.6 is 0 Å². The number of aryl methyl sites for hydroxylation is 2. The van der Waals surface area contributed by atoms with E-state index in [-0.39, 0.29) is 23.9 Å². The summed E-state index contributed by atoms with van der Waals surface area (Å²) in [6.45, 7) is 1.07. The SMILES string of the molecule is O=C(CCn1cnc2ccccc2c1=O)NC1CCc2nccn2C1. The number of amides is 1. The van der Waals surface area contributed by atoms with Crippen molar-refractivity contribution in [1.82, 2.24) is 24.4 Å². The summed E-state index contributed by atoms with van der Waals surface area (Å²) in [4.78, 5) is 33.2. The van der Waals surface area contributed by atoms with Crippen LogP contribution in [0.3, 0.4) is 0 Å². The van der Waals surface area contributed by atoms with E-state index in [4.69, 9.17) is 0 Å². The first-order valence-corrected chi connectivity index (χ1v) is 8.44. The summed E-state index contributed by atoms with van der Waals surface area (Å²) in [6, 6.07) is 7.34. The van der Waals surface area contributed by atoms with E-state index < -0.39 is 0 Å². The average Bonchev–Trinajstić information content (AvgIpc) is 3.09. The average molecular weight is 337 g/mol. The smallest absolute Gasteiger partial charge is 0.261 e. The number of nitrogens with zero attached hydrogens (tertiary/aromatic N) is 4. The molecule has 0 saturated heterocycles. The summed E-state index contributed by atoms with van der Waals surface area (Å²) >= 11 is 0. The van der Waals surface area contributed by atoms with Gasteiger partial charge in [-0.25, -0.2) is 9.97 Å². The Morgan fingerprint density at radius 2 is 2.16 bits per heavy atom. The van der Waals surface area contributed by atoms with Gasteiger partial charge in [0.25, 0.3) is 5.56 Å². The summed E-state index contributed by atoms with van der Waals surface area (Å²) in [7, 11) is 0. The molecule has 2 aromatic heterocycles. The number of aromatic nitrogens is 4. The number of rotatable bonds is 4. The highest BCUT2D eigenvalue weighted by atomic mass is 16.2. The van der Waals surface area contributed by atoms with E-state index in [1.807, 2.05) is 18.3 Å². The molecule has 0 saturated carbocycles. The first kappa shape index (κ1) is 15.6. The lowest BCUT2D eigenvalue weighted by Gasteiger charge is -2.24. The molecule has 1 amide bonds. The van der Waals surface area contributed by atoms with E-state index in [2.05, 4.69) is 19.9 Å². The van der Waals surface area contributed by atoms with Crippen molar-refractivity contribution >= 4 is 16.8 Å². The summed E-state index contributed by atoms with van der Waals surface area (Å²) in [6.07, 6.45) is 7.25. The van der Waals surface area contributed by atoms with Gasteiger partial charge in [-0.15, -0.1) is 0 Å². The van der Waals surface area contributed by atoms with E-state index in [1.165, 1.54) is 10.9 Å². The van der Waals surface area contributed by atoms with Gasteiger partial charge < -0.3 is 9.88 Å². The summed E-state index contributed by atoms with van der Waals surface area (Å²) in [5.41, 5.74) is 0.561. The molecule has 1 unspecified atom stereocenters. The third kappa shape index (κ3) is 3.17. The molecule has 0 bridgehead atoms. The van der Waals surface area contributed by atoms with Gasteiger partial charge in [0.15, 0.2) is 0 Å². The summed E-state index contributed by atoms with van der Waals surface area (Å²) in [5, 5.41) is 3.63. The molecule has 25 heavy (non-hydrogen) atoms. The molecular formula is C18H19N5O2. The predicted molar refractivity (Wildman–Crippen MR) is 93.1 cm³/mol. The molecular weight excluding hydrogens is 318 g/mol. The van der Waals surface area contributed by atoms with E-state index in [1.54, 1.807) is 18.3 Å². The number of hydrogen-bond acceptors (Lipinski definition) is 4. The van der Waals surface area contributed by atoms with Crippen molar-refractivity contribution in [3.8, 4) is 0 Å². The van der Waals surface area contributed by atoms with Crippen molar-refractivity contribution in [3.05, 3.63) is 59.2 Å². The molecule has 3 aromatic rings. The first-order valence-electron chi connectivity index (χ1n) is 8.44. The summed E-state index contributed by atoms with van der Waals surface area (Å²) in [5.74, 6) is 1.02. The van der Waals surface area contributed by atoms with Crippen molar-refractivity contribution in [2.24, 2.45) is 0 Å². The maximum absolute atomic E-state index is 12.4. The fourth-order valence-electron chi connectivity index (χ4n) is 3.27. The minimum atomic E-state index is -0.112. The Morgan fingerprint density at radius 3 is 3.08 bits per heavy atom. The molecule has 0 aliphatic carbocycles. The number of fused-ring (bicyclic) bond motifs is 2. The molecule has 128 valence electrons. The molecule has 4 rings (SSSR count). The molecule has 1 aromatic carbocycles. The van der Waals surface area contributed by atoms with Crippen molar-refractivity contribution in [1.29, 1.82) is 0 Å². The number of hydrogen-bond donors (Lipinski definition) is 1. The van der Waals surface area contributed by atoms with E-state index in [0.717, 1.165) is 25.2 Å². The lowest BCUT2D eigenvalue weighted by atomic mass is 10.1. The third-order valence-electron chi connectivity index (χ3n) is 4.61. The van der Waals surface area contributed by atoms with Gasteiger partial charge in [-0.3, -0.25) is 14.2 Å². The van der Waals surface area contributed by atoms with Gasteiger partial charge >= 0.3 is 0 Å². The zero-order valence-corrected chi connectivity index (χ0v) is 13.8. The van der Waals surface area contributed by atoms with Gasteiger partial charge in [-0.05, 0) is 18.6 Å². The Morgan fingerprint density at radius 1 is 1.28 bits per heavy atom. The second kappa shape index (κ2) is 6.51. The van der Waals surface area contributed by atoms with Crippen LogP contribution in [0.5, 0.6) is 0 Å². The Hall–Kier alpha value is -2.96. The van der Waals surface area contributed by atoms with Gasteiger partial charge in [-0.1, -0.05) is 12.1 Å². The first-order chi connectivity index (χ1) is 12.2. The number of imidazole rings is 1. The van der Waals surface area contributed by atoms with Crippen LogP contribution in [-0.4, -0.2) is 31.1 Å². The molecule has 7 heteroatoms. The van der Waals surface area contributed by atoms with Gasteiger partial charge in [-0.2, -0.15) is 0 Å². The van der Waals surface area contributed by atoms with Crippen molar-refractivity contribution in [3.63, 3.8) is 0 Å². The maximum Gasteiger partial charge on any atom is 0.261 e. The summed E-state index contributed by atoms with van der Waals surface area (Å²) < 4.78 is 3.57. The van der Waals surface area contributed by atoms with Crippen molar-refractivity contribution in [2.75, 3.05) is 0 Å². The van der Waals surface area contributed by atoms with Crippen LogP contribution < -0.4 is 10.9 Å². The quantitative estimate of drug-likeness (QED) is 0.773. The van der Waals surface area contributed by atoms with Gasteiger partial charge in [0.2, 0.25) is 5.91 Å². The number of benzene rings is 1. The minimum Gasteiger partial charge on any atom is -0.352 e. The highest BCUT2D eigenvalue weighted by Gasteiger charge is 2.20. The molecule has 7 nitrogen and oxygen atoms in total. The van der Waals surface area contributed by atoms with Crippen LogP contribution in [-0.2, 0) is 24.3 Å². The second-order valence-electron chi connectivity index (χ2n) is 6.31. The van der Waals surface area contributed by atoms with Crippen LogP contribution in [0.15, 0.2) is 47.8 Å². The zero-order valence-electron chi connectivity index (χ0n) is 13.8. The maximum atomic E-state index is 12.4. The Bertz CT molecular complexity index is 975. The highest BCUT2D eigenvalue weighted by Crippen LogP contribution is 2.13. The normalized spacial score (nSPS) is 16.6. The van der Waals surface area contributed by atoms with Crippen LogP contribution in [0.1, 0.15) is 18.7 Å². The van der Waals surface area contributed by atoms with Crippen molar-refractivity contribution in [2.45, 2.75) is 38.4 Å².